The largest absolute Gasteiger partial charge is 0.361 e. The van der Waals surface area contributed by atoms with E-state index in [0.29, 0.717) is 4.90 Å². The molecule has 0 radical (unpaired) electrons. The highest BCUT2D eigenvalue weighted by molar-refractivity contribution is 7.90. The van der Waals surface area contributed by atoms with Gasteiger partial charge in [0.15, 0.2) is 0 Å². The molecule has 0 unspecified atom stereocenters. The number of rotatable bonds is 14. The monoisotopic (exact) mass is 570 g/mol. The van der Waals surface area contributed by atoms with Crippen molar-refractivity contribution in [1.29, 1.82) is 0 Å². The minimum Gasteiger partial charge on any atom is -0.361 e. The summed E-state index contributed by atoms with van der Waals surface area (Å²) in [5.41, 5.74) is 8.36. The van der Waals surface area contributed by atoms with E-state index < -0.39 is 10.0 Å². The van der Waals surface area contributed by atoms with Crippen LogP contribution in [0.25, 0.3) is 0 Å². The minimum atomic E-state index is -3.47. The first-order valence-corrected chi connectivity index (χ1v) is 16.8. The summed E-state index contributed by atoms with van der Waals surface area (Å²) in [6.45, 7) is 12.3. The first-order valence-electron chi connectivity index (χ1n) is 15.4. The third-order valence-corrected chi connectivity index (χ3v) is 9.83. The minimum absolute atomic E-state index is 0.0576. The van der Waals surface area contributed by atoms with Gasteiger partial charge in [-0.2, -0.15) is 12.8 Å². The molecule has 0 saturated heterocycles. The molecule has 2 aromatic heterocycles. The molecule has 0 aliphatic carbocycles. The number of carbonyl (C=O) groups is 1. The zero-order chi connectivity index (χ0) is 29.4. The second-order valence-electron chi connectivity index (χ2n) is 11.5. The quantitative estimate of drug-likeness (QED) is 0.232. The van der Waals surface area contributed by atoms with Crippen molar-refractivity contribution < 1.29 is 13.2 Å². The smallest absolute Gasteiger partial charge is 0.285 e. The SMILES string of the molecule is CCCCCCCCC1=NC(=O)c2c(C)[nH]c(C)c21.CCCCCCCCC1=NS(=O)(=O)c2c1c(C)n(C)c2C. The molecule has 4 rings (SSSR count). The van der Waals surface area contributed by atoms with E-state index in [0.717, 1.165) is 83.0 Å². The van der Waals surface area contributed by atoms with Crippen molar-refractivity contribution in [2.45, 2.75) is 136 Å². The van der Waals surface area contributed by atoms with E-state index in [9.17, 15) is 13.2 Å². The van der Waals surface area contributed by atoms with Gasteiger partial charge in [-0.3, -0.25) is 4.79 Å². The molecule has 222 valence electrons. The molecule has 0 bridgehead atoms. The Morgan fingerprint density at radius 2 is 1.18 bits per heavy atom. The number of aryl methyl sites for hydroxylation is 2. The topological polar surface area (TPSA) is 96.7 Å². The van der Waals surface area contributed by atoms with Crippen LogP contribution in [0.4, 0.5) is 0 Å². The van der Waals surface area contributed by atoms with Crippen LogP contribution in [0.15, 0.2) is 14.3 Å². The number of aromatic nitrogens is 2. The maximum atomic E-state index is 12.2. The standard InChI is InChI=1S/C16H26N2O2S.C16H24N2O/c1-5-6-7-8-9-10-11-14-15-12(2)18(4)13(3)16(15)21(19,20)17-14;1-4-5-6-7-8-9-10-13-14-11(2)17-12(3)15(14)16(19)18-13/h5-11H2,1-4H3;17H,4-10H2,1-3H3. The molecule has 2 aromatic rings. The third kappa shape index (κ3) is 7.23. The van der Waals surface area contributed by atoms with E-state index in [4.69, 9.17) is 0 Å². The number of sulfonamides is 1. The number of hydrogen-bond acceptors (Lipinski definition) is 3. The van der Waals surface area contributed by atoms with E-state index in [2.05, 4.69) is 28.2 Å². The van der Waals surface area contributed by atoms with Gasteiger partial charge in [0.25, 0.3) is 15.9 Å². The molecule has 7 nitrogen and oxygen atoms in total. The number of unbranched alkanes of at least 4 members (excludes halogenated alkanes) is 10. The Labute approximate surface area is 242 Å². The number of aromatic amines is 1. The molecule has 1 N–H and O–H groups in total. The third-order valence-electron chi connectivity index (χ3n) is 8.35. The van der Waals surface area contributed by atoms with Gasteiger partial charge in [0.2, 0.25) is 0 Å². The first kappa shape index (κ1) is 32.0. The number of H-pyrrole nitrogens is 1. The lowest BCUT2D eigenvalue weighted by Gasteiger charge is -2.04. The van der Waals surface area contributed by atoms with Gasteiger partial charge in [-0.25, -0.2) is 4.99 Å². The number of fused-ring (bicyclic) bond motifs is 2. The fraction of sp³-hybridized carbons (Fsp3) is 0.656. The number of aliphatic imine (C=N–C) groups is 1. The summed E-state index contributed by atoms with van der Waals surface area (Å²) in [7, 11) is -1.55. The molecule has 0 spiro atoms. The van der Waals surface area contributed by atoms with Crippen LogP contribution in [0.3, 0.4) is 0 Å². The molecule has 1 amide bonds. The lowest BCUT2D eigenvalue weighted by Crippen LogP contribution is -2.02. The number of nitrogens with one attached hydrogen (secondary N) is 1. The summed E-state index contributed by atoms with van der Waals surface area (Å²) in [6, 6.07) is 0. The van der Waals surface area contributed by atoms with Gasteiger partial charge in [-0.15, -0.1) is 0 Å². The van der Waals surface area contributed by atoms with Crippen LogP contribution < -0.4 is 0 Å². The first-order chi connectivity index (χ1) is 19.0. The predicted octanol–water partition coefficient (Wildman–Crippen LogP) is 8.21. The zero-order valence-corrected chi connectivity index (χ0v) is 26.7. The maximum absolute atomic E-state index is 12.2. The van der Waals surface area contributed by atoms with Crippen LogP contribution in [0.5, 0.6) is 0 Å². The summed E-state index contributed by atoms with van der Waals surface area (Å²) in [6.07, 6.45) is 16.5. The fourth-order valence-electron chi connectivity index (χ4n) is 5.95. The van der Waals surface area contributed by atoms with Gasteiger partial charge in [0.05, 0.1) is 17.0 Å². The van der Waals surface area contributed by atoms with Gasteiger partial charge in [0, 0.05) is 41.0 Å². The van der Waals surface area contributed by atoms with Crippen molar-refractivity contribution in [3.63, 3.8) is 0 Å². The highest BCUT2D eigenvalue weighted by Crippen LogP contribution is 2.35. The summed E-state index contributed by atoms with van der Waals surface area (Å²) in [5.74, 6) is -0.0576. The molecule has 2 aliphatic rings. The van der Waals surface area contributed by atoms with E-state index in [1.165, 1.54) is 57.8 Å². The molecule has 0 saturated carbocycles. The number of amides is 1. The molecule has 0 fully saturated rings. The van der Waals surface area contributed by atoms with Crippen molar-refractivity contribution in [1.82, 2.24) is 9.55 Å². The number of hydrogen-bond donors (Lipinski definition) is 1. The van der Waals surface area contributed by atoms with Gasteiger partial charge in [0.1, 0.15) is 4.90 Å². The molecule has 0 aromatic carbocycles. The number of carbonyl (C=O) groups excluding carboxylic acids is 1. The zero-order valence-electron chi connectivity index (χ0n) is 25.9. The average Bonchev–Trinajstić information content (AvgIpc) is 3.56. The van der Waals surface area contributed by atoms with Crippen LogP contribution in [-0.4, -0.2) is 35.3 Å². The normalized spacial score (nSPS) is 15.0. The van der Waals surface area contributed by atoms with Crippen LogP contribution in [0.2, 0.25) is 0 Å². The van der Waals surface area contributed by atoms with Crippen molar-refractivity contribution in [2.24, 2.45) is 16.4 Å². The summed E-state index contributed by atoms with van der Waals surface area (Å²) >= 11 is 0. The van der Waals surface area contributed by atoms with Crippen LogP contribution in [0.1, 0.15) is 148 Å². The van der Waals surface area contributed by atoms with Gasteiger partial charge >= 0.3 is 0 Å². The van der Waals surface area contributed by atoms with Gasteiger partial charge < -0.3 is 9.55 Å². The summed E-state index contributed by atoms with van der Waals surface area (Å²) < 4.78 is 30.4. The van der Waals surface area contributed by atoms with Crippen molar-refractivity contribution in [3.8, 4) is 0 Å². The van der Waals surface area contributed by atoms with Crippen molar-refractivity contribution in [3.05, 3.63) is 39.5 Å². The second kappa shape index (κ2) is 14.4. The highest BCUT2D eigenvalue weighted by Gasteiger charge is 2.35. The Balaban J connectivity index is 0.000000222. The fourth-order valence-corrected chi connectivity index (χ4v) is 7.55. The Kier molecular flexibility index (Phi) is 11.6. The molecule has 4 heterocycles. The molecule has 0 atom stereocenters. The van der Waals surface area contributed by atoms with Crippen LogP contribution in [0, 0.1) is 27.7 Å². The van der Waals surface area contributed by atoms with Crippen molar-refractivity contribution in [2.75, 3.05) is 0 Å². The lowest BCUT2D eigenvalue weighted by molar-refractivity contribution is 0.101. The predicted molar refractivity (Wildman–Crippen MR) is 166 cm³/mol. The highest BCUT2D eigenvalue weighted by atomic mass is 32.2. The van der Waals surface area contributed by atoms with Gasteiger partial charge in [-0.05, 0) is 53.4 Å². The molecule has 8 heteroatoms. The molecule has 40 heavy (non-hydrogen) atoms. The van der Waals surface area contributed by atoms with E-state index in [-0.39, 0.29) is 5.91 Å². The summed E-state index contributed by atoms with van der Waals surface area (Å²) in [5, 5.41) is 0. The summed E-state index contributed by atoms with van der Waals surface area (Å²) in [4.78, 5) is 19.8. The average molecular weight is 571 g/mol. The second-order valence-corrected chi connectivity index (χ2v) is 13.0. The Morgan fingerprint density at radius 3 is 1.75 bits per heavy atom. The Bertz CT molecular complexity index is 1360. The molecular formula is C32H50N4O3S. The van der Waals surface area contributed by atoms with Crippen molar-refractivity contribution >= 4 is 27.4 Å². The van der Waals surface area contributed by atoms with Crippen LogP contribution in [-0.2, 0) is 17.1 Å². The maximum Gasteiger partial charge on any atom is 0.285 e. The van der Waals surface area contributed by atoms with E-state index in [1.54, 1.807) is 0 Å². The Morgan fingerprint density at radius 1 is 0.675 bits per heavy atom. The van der Waals surface area contributed by atoms with E-state index >= 15 is 0 Å². The molecular weight excluding hydrogens is 520 g/mol. The number of nitrogens with zero attached hydrogens (tertiary/aromatic N) is 3. The lowest BCUT2D eigenvalue weighted by atomic mass is 10.0. The molecule has 2 aliphatic heterocycles. The Hall–Kier alpha value is -2.48. The van der Waals surface area contributed by atoms with Crippen LogP contribution >= 0.6 is 0 Å². The van der Waals surface area contributed by atoms with E-state index in [1.807, 2.05) is 39.3 Å². The van der Waals surface area contributed by atoms with Gasteiger partial charge in [-0.1, -0.05) is 78.1 Å².